The highest BCUT2D eigenvalue weighted by atomic mass is 16.5. The Morgan fingerprint density at radius 3 is 1.70 bits per heavy atom. The molecule has 4 heteroatoms. The molecule has 0 aliphatic carbocycles. The van der Waals surface area contributed by atoms with Crippen molar-refractivity contribution in [2.75, 3.05) is 7.11 Å². The minimum absolute atomic E-state index is 0.217. The van der Waals surface area contributed by atoms with E-state index in [-0.39, 0.29) is 11.8 Å². The molecule has 0 fully saturated rings. The number of hydrogen-bond acceptors (Lipinski definition) is 3. The Labute approximate surface area is 245 Å². The number of hydrogen-bond donors (Lipinski definition) is 0. The van der Waals surface area contributed by atoms with E-state index < -0.39 is 0 Å². The monoisotopic (exact) mass is 551 g/mol. The van der Waals surface area contributed by atoms with E-state index >= 15 is 0 Å². The number of carbonyl (C=O) groups excluding carboxylic acids is 2. The van der Waals surface area contributed by atoms with Gasteiger partial charge in [0.25, 0.3) is 0 Å². The average Bonchev–Trinajstić information content (AvgIpc) is 3.18. The fraction of sp³-hybridized carbons (Fsp3) is 0.667. The van der Waals surface area contributed by atoms with Crippen molar-refractivity contribution in [2.45, 2.75) is 150 Å². The molecular formula is C36H57NO3. The molecule has 0 bridgehead atoms. The van der Waals surface area contributed by atoms with Crippen molar-refractivity contribution in [1.29, 1.82) is 0 Å². The minimum Gasteiger partial charge on any atom is -0.469 e. The molecule has 40 heavy (non-hydrogen) atoms. The van der Waals surface area contributed by atoms with Crippen molar-refractivity contribution in [3.05, 3.63) is 57.9 Å². The number of ketones is 1. The van der Waals surface area contributed by atoms with Gasteiger partial charge in [0.05, 0.1) is 13.5 Å². The molecule has 2 rings (SSSR count). The largest absolute Gasteiger partial charge is 0.469 e. The standard InChI is InChI=1S/C36H57NO3/c1-6-7-8-9-10-11-12-13-14-15-16-17-18-19-20-21-34(38)36-30(3)33(26-27-35(39)40-5)37(31(36)4)28-32-24-22-29(2)23-25-32/h22-25H,6-21,26-28H2,1-5H3. The van der Waals surface area contributed by atoms with Gasteiger partial charge in [-0.2, -0.15) is 0 Å². The lowest BCUT2D eigenvalue weighted by Crippen LogP contribution is -2.10. The van der Waals surface area contributed by atoms with Crippen LogP contribution in [0.15, 0.2) is 24.3 Å². The molecule has 0 N–H and O–H groups in total. The zero-order valence-electron chi connectivity index (χ0n) is 26.4. The van der Waals surface area contributed by atoms with E-state index in [1.54, 1.807) is 0 Å². The predicted octanol–water partition coefficient (Wildman–Crippen LogP) is 10.0. The maximum Gasteiger partial charge on any atom is 0.305 e. The molecule has 0 spiro atoms. The third kappa shape index (κ3) is 12.0. The third-order valence-corrected chi connectivity index (χ3v) is 8.44. The maximum atomic E-state index is 13.4. The van der Waals surface area contributed by atoms with Crippen LogP contribution in [-0.2, 0) is 22.5 Å². The number of ether oxygens (including phenoxy) is 1. The van der Waals surface area contributed by atoms with Gasteiger partial charge in [0.2, 0.25) is 0 Å². The second-order valence-electron chi connectivity index (χ2n) is 11.8. The summed E-state index contributed by atoms with van der Waals surface area (Å²) in [6.45, 7) is 9.18. The van der Waals surface area contributed by atoms with Crippen LogP contribution in [0.4, 0.5) is 0 Å². The quantitative estimate of drug-likeness (QED) is 0.0831. The topological polar surface area (TPSA) is 48.3 Å². The fourth-order valence-corrected chi connectivity index (χ4v) is 5.88. The Morgan fingerprint density at radius 2 is 1.20 bits per heavy atom. The maximum absolute atomic E-state index is 13.4. The van der Waals surface area contributed by atoms with Gasteiger partial charge in [-0.15, -0.1) is 0 Å². The summed E-state index contributed by atoms with van der Waals surface area (Å²) >= 11 is 0. The Kier molecular flexibility index (Phi) is 16.6. The first-order chi connectivity index (χ1) is 19.4. The second-order valence-corrected chi connectivity index (χ2v) is 11.8. The predicted molar refractivity (Wildman–Crippen MR) is 168 cm³/mol. The molecule has 224 valence electrons. The highest BCUT2D eigenvalue weighted by Gasteiger charge is 2.22. The zero-order valence-corrected chi connectivity index (χ0v) is 26.4. The number of methoxy groups -OCH3 is 1. The van der Waals surface area contributed by atoms with Crippen molar-refractivity contribution in [3.8, 4) is 0 Å². The highest BCUT2D eigenvalue weighted by molar-refractivity contribution is 5.99. The van der Waals surface area contributed by atoms with E-state index in [1.165, 1.54) is 102 Å². The Morgan fingerprint density at radius 1 is 0.700 bits per heavy atom. The van der Waals surface area contributed by atoms with Crippen LogP contribution in [0.5, 0.6) is 0 Å². The van der Waals surface area contributed by atoms with Crippen LogP contribution in [0.25, 0.3) is 0 Å². The lowest BCUT2D eigenvalue weighted by molar-refractivity contribution is -0.140. The van der Waals surface area contributed by atoms with Crippen LogP contribution in [-0.4, -0.2) is 23.4 Å². The second kappa shape index (κ2) is 19.7. The van der Waals surface area contributed by atoms with Gasteiger partial charge in [0, 0.05) is 29.9 Å². The summed E-state index contributed by atoms with van der Waals surface area (Å²) in [6.07, 6.45) is 21.4. The minimum atomic E-state index is -0.217. The van der Waals surface area contributed by atoms with Crippen LogP contribution < -0.4 is 0 Å². The Hall–Kier alpha value is -2.36. The summed E-state index contributed by atoms with van der Waals surface area (Å²) in [5, 5.41) is 0. The molecule has 0 amide bonds. The van der Waals surface area contributed by atoms with Crippen molar-refractivity contribution >= 4 is 11.8 Å². The molecule has 0 saturated heterocycles. The number of Topliss-reactive ketones (excluding diaryl/α,β-unsaturated/α-hetero) is 1. The van der Waals surface area contributed by atoms with Gasteiger partial charge in [-0.3, -0.25) is 9.59 Å². The molecule has 0 aliphatic heterocycles. The number of aryl methyl sites for hydroxylation is 1. The smallest absolute Gasteiger partial charge is 0.305 e. The highest BCUT2D eigenvalue weighted by Crippen LogP contribution is 2.27. The third-order valence-electron chi connectivity index (χ3n) is 8.44. The first kappa shape index (κ1) is 33.8. The first-order valence-electron chi connectivity index (χ1n) is 16.2. The molecule has 4 nitrogen and oxygen atoms in total. The molecule has 0 saturated carbocycles. The molecule has 1 heterocycles. The lowest BCUT2D eigenvalue weighted by Gasteiger charge is -2.13. The van der Waals surface area contributed by atoms with Gasteiger partial charge in [0.1, 0.15) is 0 Å². The number of aromatic nitrogens is 1. The molecule has 2 aromatic rings. The van der Waals surface area contributed by atoms with E-state index in [2.05, 4.69) is 49.6 Å². The normalized spacial score (nSPS) is 11.2. The van der Waals surface area contributed by atoms with Crippen LogP contribution >= 0.6 is 0 Å². The van der Waals surface area contributed by atoms with Crippen molar-refractivity contribution in [2.24, 2.45) is 0 Å². The van der Waals surface area contributed by atoms with Crippen LogP contribution in [0.3, 0.4) is 0 Å². The number of nitrogens with zero attached hydrogens (tertiary/aromatic N) is 1. The van der Waals surface area contributed by atoms with Crippen molar-refractivity contribution < 1.29 is 14.3 Å². The van der Waals surface area contributed by atoms with E-state index in [0.717, 1.165) is 35.4 Å². The summed E-state index contributed by atoms with van der Waals surface area (Å²) in [5.41, 5.74) is 6.41. The zero-order chi connectivity index (χ0) is 29.2. The number of rotatable bonds is 22. The van der Waals surface area contributed by atoms with E-state index in [1.807, 2.05) is 6.92 Å². The van der Waals surface area contributed by atoms with Gasteiger partial charge in [-0.1, -0.05) is 127 Å². The molecule has 0 aliphatic rings. The van der Waals surface area contributed by atoms with Crippen LogP contribution in [0.1, 0.15) is 155 Å². The molecule has 0 radical (unpaired) electrons. The van der Waals surface area contributed by atoms with Gasteiger partial charge in [-0.05, 0) is 44.7 Å². The molecule has 1 aromatic carbocycles. The van der Waals surface area contributed by atoms with Crippen LogP contribution in [0, 0.1) is 20.8 Å². The SMILES string of the molecule is CCCCCCCCCCCCCCCCCC(=O)c1c(C)c(CCC(=O)OC)n(Cc2ccc(C)cc2)c1C. The van der Waals surface area contributed by atoms with E-state index in [9.17, 15) is 9.59 Å². The lowest BCUT2D eigenvalue weighted by atomic mass is 9.99. The summed E-state index contributed by atoms with van der Waals surface area (Å²) in [6, 6.07) is 8.53. The molecule has 0 atom stereocenters. The number of unbranched alkanes of at least 4 members (excludes halogenated alkanes) is 14. The molecular weight excluding hydrogens is 494 g/mol. The average molecular weight is 552 g/mol. The fourth-order valence-electron chi connectivity index (χ4n) is 5.88. The number of carbonyl (C=O) groups is 2. The summed E-state index contributed by atoms with van der Waals surface area (Å²) in [4.78, 5) is 25.3. The van der Waals surface area contributed by atoms with E-state index in [4.69, 9.17) is 4.74 Å². The Bertz CT molecular complexity index is 1000. The Balaban J connectivity index is 1.78. The summed E-state index contributed by atoms with van der Waals surface area (Å²) in [7, 11) is 1.43. The van der Waals surface area contributed by atoms with Crippen molar-refractivity contribution in [1.82, 2.24) is 4.57 Å². The van der Waals surface area contributed by atoms with Gasteiger partial charge in [0.15, 0.2) is 5.78 Å². The van der Waals surface area contributed by atoms with Gasteiger partial charge in [-0.25, -0.2) is 0 Å². The van der Waals surface area contributed by atoms with E-state index in [0.29, 0.717) is 25.8 Å². The number of esters is 1. The summed E-state index contributed by atoms with van der Waals surface area (Å²) < 4.78 is 7.13. The molecule has 1 aromatic heterocycles. The van der Waals surface area contributed by atoms with Gasteiger partial charge >= 0.3 is 5.97 Å². The number of benzene rings is 1. The van der Waals surface area contributed by atoms with Crippen molar-refractivity contribution in [3.63, 3.8) is 0 Å². The molecule has 0 unspecified atom stereocenters. The first-order valence-corrected chi connectivity index (χ1v) is 16.2. The van der Waals surface area contributed by atoms with Gasteiger partial charge < -0.3 is 9.30 Å². The summed E-state index contributed by atoms with van der Waals surface area (Å²) in [5.74, 6) is 0.0255. The van der Waals surface area contributed by atoms with Crippen LogP contribution in [0.2, 0.25) is 0 Å².